The molecule has 5 nitrogen and oxygen atoms in total. The molecule has 1 aliphatic heterocycles. The summed E-state index contributed by atoms with van der Waals surface area (Å²) >= 11 is 0. The minimum Gasteiger partial charge on any atom is -0.457 e. The normalized spacial score (nSPS) is 23.7. The van der Waals surface area contributed by atoms with Gasteiger partial charge in [0.05, 0.1) is 11.7 Å². The Morgan fingerprint density at radius 1 is 1.19 bits per heavy atom. The fourth-order valence-electron chi connectivity index (χ4n) is 3.97. The number of aliphatic hydroxyl groups excluding tert-OH is 1. The first-order valence-electron chi connectivity index (χ1n) is 9.29. The van der Waals surface area contributed by atoms with E-state index in [0.29, 0.717) is 37.1 Å². The number of hydrogen-bond acceptors (Lipinski definition) is 4. The number of nitrogens with zero attached hydrogens (tertiary/aromatic N) is 1. The Labute approximate surface area is 157 Å². The van der Waals surface area contributed by atoms with Crippen LogP contribution < -0.4 is 10.5 Å². The second-order valence-electron chi connectivity index (χ2n) is 7.36. The minimum absolute atomic E-state index is 0.00282. The van der Waals surface area contributed by atoms with Gasteiger partial charge in [-0.1, -0.05) is 12.1 Å². The lowest BCUT2D eigenvalue weighted by atomic mass is 9.74. The number of carbonyl (C=O) groups excluding carboxylic acids is 1. The van der Waals surface area contributed by atoms with Gasteiger partial charge in [-0.15, -0.1) is 0 Å². The standard InChI is InChI=1S/C21H23FN2O3/c22-19-6-5-16(27-15-3-1-13(2-4-15)7-8-23)10-17(19)21(26)24-11-14-9-20(25)18(14)12-24/h1-6,10,14,18,20,25H,7-9,11-12,23H2/t14-,18+,20+/m0/s1. The molecule has 1 heterocycles. The Morgan fingerprint density at radius 2 is 1.93 bits per heavy atom. The average molecular weight is 370 g/mol. The number of likely N-dealkylation sites (tertiary alicyclic amines) is 1. The fraction of sp³-hybridized carbons (Fsp3) is 0.381. The van der Waals surface area contributed by atoms with Crippen molar-refractivity contribution in [3.05, 3.63) is 59.4 Å². The number of nitrogens with two attached hydrogens (primary N) is 1. The van der Waals surface area contributed by atoms with E-state index in [9.17, 15) is 14.3 Å². The van der Waals surface area contributed by atoms with E-state index in [2.05, 4.69) is 0 Å². The van der Waals surface area contributed by atoms with E-state index in [4.69, 9.17) is 10.5 Å². The van der Waals surface area contributed by atoms with E-state index in [1.165, 1.54) is 18.2 Å². The van der Waals surface area contributed by atoms with E-state index < -0.39 is 5.82 Å². The van der Waals surface area contributed by atoms with Gasteiger partial charge in [0.2, 0.25) is 0 Å². The summed E-state index contributed by atoms with van der Waals surface area (Å²) in [6.07, 6.45) is 1.18. The van der Waals surface area contributed by atoms with Crippen molar-refractivity contribution >= 4 is 5.91 Å². The molecule has 6 heteroatoms. The summed E-state index contributed by atoms with van der Waals surface area (Å²) in [7, 11) is 0. The zero-order valence-corrected chi connectivity index (χ0v) is 15.0. The summed E-state index contributed by atoms with van der Waals surface area (Å²) < 4.78 is 20.1. The number of amides is 1. The van der Waals surface area contributed by atoms with Crippen molar-refractivity contribution in [2.75, 3.05) is 19.6 Å². The molecule has 0 bridgehead atoms. The van der Waals surface area contributed by atoms with Crippen LogP contribution in [-0.2, 0) is 6.42 Å². The van der Waals surface area contributed by atoms with Crippen molar-refractivity contribution in [3.8, 4) is 11.5 Å². The first-order valence-corrected chi connectivity index (χ1v) is 9.29. The molecular weight excluding hydrogens is 347 g/mol. The van der Waals surface area contributed by atoms with Crippen molar-refractivity contribution in [1.29, 1.82) is 0 Å². The lowest BCUT2D eigenvalue weighted by Gasteiger charge is -2.34. The van der Waals surface area contributed by atoms with Crippen LogP contribution in [0.25, 0.3) is 0 Å². The number of hydrogen-bond donors (Lipinski definition) is 2. The molecule has 1 saturated heterocycles. The molecule has 142 valence electrons. The molecule has 2 aromatic rings. The van der Waals surface area contributed by atoms with E-state index in [1.807, 2.05) is 24.3 Å². The smallest absolute Gasteiger partial charge is 0.256 e. The van der Waals surface area contributed by atoms with Crippen LogP contribution in [0.3, 0.4) is 0 Å². The van der Waals surface area contributed by atoms with Crippen LogP contribution in [0.5, 0.6) is 11.5 Å². The third kappa shape index (κ3) is 3.55. The van der Waals surface area contributed by atoms with Crippen LogP contribution in [0.15, 0.2) is 42.5 Å². The molecule has 2 aromatic carbocycles. The van der Waals surface area contributed by atoms with Crippen LogP contribution in [0.2, 0.25) is 0 Å². The molecule has 0 aromatic heterocycles. The molecule has 3 N–H and O–H groups in total. The summed E-state index contributed by atoms with van der Waals surface area (Å²) in [5.41, 5.74) is 6.66. The second-order valence-corrected chi connectivity index (χ2v) is 7.36. The molecule has 0 unspecified atom stereocenters. The van der Waals surface area contributed by atoms with Crippen molar-refractivity contribution in [2.45, 2.75) is 18.9 Å². The summed E-state index contributed by atoms with van der Waals surface area (Å²) in [6, 6.07) is 11.7. The Bertz CT molecular complexity index is 840. The van der Waals surface area contributed by atoms with Gasteiger partial charge in [-0.05, 0) is 61.2 Å². The lowest BCUT2D eigenvalue weighted by Crippen LogP contribution is -2.39. The van der Waals surface area contributed by atoms with Crippen molar-refractivity contribution in [3.63, 3.8) is 0 Å². The summed E-state index contributed by atoms with van der Waals surface area (Å²) in [5.74, 6) is 0.571. The molecule has 1 amide bonds. The highest BCUT2D eigenvalue weighted by Crippen LogP contribution is 2.41. The third-order valence-electron chi connectivity index (χ3n) is 5.58. The molecule has 0 radical (unpaired) electrons. The number of benzene rings is 2. The van der Waals surface area contributed by atoms with E-state index >= 15 is 0 Å². The predicted molar refractivity (Wildman–Crippen MR) is 99.2 cm³/mol. The van der Waals surface area contributed by atoms with Crippen LogP contribution in [-0.4, -0.2) is 41.7 Å². The number of ether oxygens (including phenoxy) is 1. The summed E-state index contributed by atoms with van der Waals surface area (Å²) in [4.78, 5) is 14.4. The van der Waals surface area contributed by atoms with Gasteiger partial charge in [-0.2, -0.15) is 0 Å². The number of fused-ring (bicyclic) bond motifs is 1. The molecule has 2 aliphatic rings. The molecule has 1 saturated carbocycles. The first kappa shape index (κ1) is 17.9. The van der Waals surface area contributed by atoms with Gasteiger partial charge < -0.3 is 20.5 Å². The zero-order chi connectivity index (χ0) is 19.0. The molecular formula is C21H23FN2O3. The Morgan fingerprint density at radius 3 is 2.59 bits per heavy atom. The Hall–Kier alpha value is -2.44. The maximum atomic E-state index is 14.3. The fourth-order valence-corrected chi connectivity index (χ4v) is 3.97. The van der Waals surface area contributed by atoms with Crippen LogP contribution in [0.4, 0.5) is 4.39 Å². The SMILES string of the molecule is NCCc1ccc(Oc2ccc(F)c(C(=O)N3C[C@@H]4C[C@@H](O)[C@@H]4C3)c2)cc1. The molecule has 27 heavy (non-hydrogen) atoms. The highest BCUT2D eigenvalue weighted by molar-refractivity contribution is 5.95. The molecule has 0 spiro atoms. The van der Waals surface area contributed by atoms with Gasteiger partial charge in [0.25, 0.3) is 5.91 Å². The largest absolute Gasteiger partial charge is 0.457 e. The highest BCUT2D eigenvalue weighted by atomic mass is 19.1. The molecule has 2 fully saturated rings. The van der Waals surface area contributed by atoms with Crippen LogP contribution >= 0.6 is 0 Å². The van der Waals surface area contributed by atoms with Gasteiger partial charge in [0, 0.05) is 19.0 Å². The third-order valence-corrected chi connectivity index (χ3v) is 5.58. The first-order chi connectivity index (χ1) is 13.0. The topological polar surface area (TPSA) is 75.8 Å². The van der Waals surface area contributed by atoms with E-state index in [-0.39, 0.29) is 23.5 Å². The summed E-state index contributed by atoms with van der Waals surface area (Å²) in [6.45, 7) is 1.64. The number of halogens is 1. The zero-order valence-electron chi connectivity index (χ0n) is 15.0. The molecule has 1 aliphatic carbocycles. The van der Waals surface area contributed by atoms with Crippen molar-refractivity contribution in [2.24, 2.45) is 17.6 Å². The Balaban J connectivity index is 1.48. The lowest BCUT2D eigenvalue weighted by molar-refractivity contribution is -0.00427. The Kier molecular flexibility index (Phi) is 4.85. The van der Waals surface area contributed by atoms with E-state index in [0.717, 1.165) is 18.4 Å². The second kappa shape index (κ2) is 7.29. The number of rotatable bonds is 5. The quantitative estimate of drug-likeness (QED) is 0.848. The van der Waals surface area contributed by atoms with Gasteiger partial charge in [-0.25, -0.2) is 4.39 Å². The monoisotopic (exact) mass is 370 g/mol. The maximum absolute atomic E-state index is 14.3. The average Bonchev–Trinajstić information content (AvgIpc) is 3.02. The van der Waals surface area contributed by atoms with Gasteiger partial charge in [-0.3, -0.25) is 4.79 Å². The summed E-state index contributed by atoms with van der Waals surface area (Å²) in [5, 5.41) is 9.77. The number of carbonyl (C=O) groups is 1. The number of aliphatic hydroxyl groups is 1. The van der Waals surface area contributed by atoms with E-state index in [1.54, 1.807) is 4.90 Å². The predicted octanol–water partition coefficient (Wildman–Crippen LogP) is 2.57. The minimum atomic E-state index is -0.564. The van der Waals surface area contributed by atoms with Crippen molar-refractivity contribution in [1.82, 2.24) is 4.90 Å². The van der Waals surface area contributed by atoms with Crippen LogP contribution in [0, 0.1) is 17.7 Å². The molecule has 3 atom stereocenters. The van der Waals surface area contributed by atoms with Gasteiger partial charge >= 0.3 is 0 Å². The van der Waals surface area contributed by atoms with Crippen molar-refractivity contribution < 1.29 is 19.0 Å². The molecule has 4 rings (SSSR count). The van der Waals surface area contributed by atoms with Gasteiger partial charge in [0.15, 0.2) is 0 Å². The van der Waals surface area contributed by atoms with Gasteiger partial charge in [0.1, 0.15) is 17.3 Å². The highest BCUT2D eigenvalue weighted by Gasteiger charge is 2.47. The maximum Gasteiger partial charge on any atom is 0.256 e. The van der Waals surface area contributed by atoms with Crippen LogP contribution in [0.1, 0.15) is 22.3 Å².